The van der Waals surface area contributed by atoms with Gasteiger partial charge in [0.15, 0.2) is 6.39 Å². The molecule has 0 aromatic carbocycles. The van der Waals surface area contributed by atoms with Crippen LogP contribution in [-0.2, 0) is 11.3 Å². The van der Waals surface area contributed by atoms with E-state index < -0.39 is 0 Å². The SMILES string of the molecule is COCCNCc1ncoc1C1CC1(C)C. The zero-order valence-electron chi connectivity index (χ0n) is 10.2. The molecule has 90 valence electrons. The summed E-state index contributed by atoms with van der Waals surface area (Å²) in [6.07, 6.45) is 2.75. The van der Waals surface area contributed by atoms with Crippen molar-refractivity contribution in [2.45, 2.75) is 32.7 Å². The van der Waals surface area contributed by atoms with Crippen molar-refractivity contribution in [1.29, 1.82) is 0 Å². The summed E-state index contributed by atoms with van der Waals surface area (Å²) in [7, 11) is 1.70. The Morgan fingerprint density at radius 3 is 3.00 bits per heavy atom. The number of methoxy groups -OCH3 is 1. The number of oxazole rings is 1. The number of ether oxygens (including phenoxy) is 1. The van der Waals surface area contributed by atoms with Crippen LogP contribution in [0.5, 0.6) is 0 Å². The van der Waals surface area contributed by atoms with Crippen molar-refractivity contribution in [3.05, 3.63) is 17.8 Å². The van der Waals surface area contributed by atoms with E-state index in [1.807, 2.05) is 0 Å². The van der Waals surface area contributed by atoms with Crippen molar-refractivity contribution in [1.82, 2.24) is 10.3 Å². The predicted octanol–water partition coefficient (Wildman–Crippen LogP) is 1.92. The first-order valence-corrected chi connectivity index (χ1v) is 5.77. The molecular weight excluding hydrogens is 204 g/mol. The van der Waals surface area contributed by atoms with Gasteiger partial charge in [0.1, 0.15) is 5.76 Å². The minimum Gasteiger partial charge on any atom is -0.448 e. The standard InChI is InChI=1S/C12H20N2O2/c1-12(2)6-9(12)11-10(14-8-16-11)7-13-4-5-15-3/h8-9,13H,4-7H2,1-3H3. The monoisotopic (exact) mass is 224 g/mol. The van der Waals surface area contributed by atoms with Gasteiger partial charge in [0, 0.05) is 26.1 Å². The van der Waals surface area contributed by atoms with E-state index in [0.717, 1.165) is 31.2 Å². The van der Waals surface area contributed by atoms with Crippen LogP contribution in [0, 0.1) is 5.41 Å². The predicted molar refractivity (Wildman–Crippen MR) is 61.2 cm³/mol. The van der Waals surface area contributed by atoms with E-state index in [1.54, 1.807) is 13.5 Å². The lowest BCUT2D eigenvalue weighted by molar-refractivity contribution is 0.199. The van der Waals surface area contributed by atoms with E-state index in [9.17, 15) is 0 Å². The lowest BCUT2D eigenvalue weighted by Crippen LogP contribution is -2.19. The Morgan fingerprint density at radius 2 is 2.38 bits per heavy atom. The number of aromatic nitrogens is 1. The van der Waals surface area contributed by atoms with Gasteiger partial charge in [-0.05, 0) is 11.8 Å². The molecule has 0 radical (unpaired) electrons. The van der Waals surface area contributed by atoms with E-state index in [2.05, 4.69) is 24.1 Å². The van der Waals surface area contributed by atoms with E-state index in [-0.39, 0.29) is 0 Å². The Labute approximate surface area is 96.4 Å². The van der Waals surface area contributed by atoms with E-state index in [4.69, 9.17) is 9.15 Å². The highest BCUT2D eigenvalue weighted by Gasteiger charge is 2.49. The maximum atomic E-state index is 5.50. The number of nitrogens with one attached hydrogen (secondary N) is 1. The first-order chi connectivity index (χ1) is 7.65. The maximum Gasteiger partial charge on any atom is 0.181 e. The molecule has 0 bridgehead atoms. The summed E-state index contributed by atoms with van der Waals surface area (Å²) in [5.74, 6) is 1.61. The highest BCUT2D eigenvalue weighted by Crippen LogP contribution is 2.59. The van der Waals surface area contributed by atoms with Gasteiger partial charge in [0.05, 0.1) is 12.3 Å². The Hall–Kier alpha value is -0.870. The van der Waals surface area contributed by atoms with Crippen LogP contribution in [0.15, 0.2) is 10.8 Å². The minimum absolute atomic E-state index is 0.390. The molecule has 4 heteroatoms. The van der Waals surface area contributed by atoms with Crippen LogP contribution in [0.1, 0.15) is 37.6 Å². The molecule has 1 saturated carbocycles. The minimum atomic E-state index is 0.390. The molecule has 4 nitrogen and oxygen atoms in total. The normalized spacial score (nSPS) is 22.3. The third-order valence-corrected chi connectivity index (χ3v) is 3.28. The Bertz CT molecular complexity index is 347. The van der Waals surface area contributed by atoms with Crippen molar-refractivity contribution in [3.63, 3.8) is 0 Å². The molecule has 1 unspecified atom stereocenters. The van der Waals surface area contributed by atoms with Gasteiger partial charge in [0.25, 0.3) is 0 Å². The molecule has 1 aromatic heterocycles. The lowest BCUT2D eigenvalue weighted by atomic mass is 10.1. The fourth-order valence-electron chi connectivity index (χ4n) is 1.99. The molecule has 0 amide bonds. The summed E-state index contributed by atoms with van der Waals surface area (Å²) in [5.41, 5.74) is 1.44. The zero-order chi connectivity index (χ0) is 11.6. The van der Waals surface area contributed by atoms with Gasteiger partial charge >= 0.3 is 0 Å². The molecule has 0 spiro atoms. The molecule has 1 aliphatic rings. The largest absolute Gasteiger partial charge is 0.448 e. The van der Waals surface area contributed by atoms with Gasteiger partial charge in [-0.15, -0.1) is 0 Å². The maximum absolute atomic E-state index is 5.50. The molecule has 0 aliphatic heterocycles. The number of hydrogen-bond acceptors (Lipinski definition) is 4. The summed E-state index contributed by atoms with van der Waals surface area (Å²) in [6, 6.07) is 0. The first-order valence-electron chi connectivity index (χ1n) is 5.77. The average molecular weight is 224 g/mol. The summed E-state index contributed by atoms with van der Waals surface area (Å²) < 4.78 is 10.5. The molecule has 2 rings (SSSR count). The molecule has 1 atom stereocenters. The first kappa shape index (κ1) is 11.6. The Kier molecular flexibility index (Phi) is 3.30. The van der Waals surface area contributed by atoms with Crippen LogP contribution in [0.25, 0.3) is 0 Å². The molecule has 1 heterocycles. The van der Waals surface area contributed by atoms with Crippen LogP contribution >= 0.6 is 0 Å². The summed E-state index contributed by atoms with van der Waals surface area (Å²) in [4.78, 5) is 4.27. The van der Waals surface area contributed by atoms with Gasteiger partial charge in [-0.1, -0.05) is 13.8 Å². The summed E-state index contributed by atoms with van der Waals surface area (Å²) >= 11 is 0. The van der Waals surface area contributed by atoms with Crippen molar-refractivity contribution >= 4 is 0 Å². The smallest absolute Gasteiger partial charge is 0.181 e. The highest BCUT2D eigenvalue weighted by molar-refractivity contribution is 5.23. The fraction of sp³-hybridized carbons (Fsp3) is 0.750. The molecular formula is C12H20N2O2. The van der Waals surface area contributed by atoms with Crippen LogP contribution in [0.4, 0.5) is 0 Å². The van der Waals surface area contributed by atoms with Crippen molar-refractivity contribution in [2.24, 2.45) is 5.41 Å². The molecule has 1 aromatic rings. The van der Waals surface area contributed by atoms with Crippen molar-refractivity contribution < 1.29 is 9.15 Å². The second kappa shape index (κ2) is 4.55. The third-order valence-electron chi connectivity index (χ3n) is 3.28. The van der Waals surface area contributed by atoms with E-state index >= 15 is 0 Å². The quantitative estimate of drug-likeness (QED) is 0.750. The van der Waals surface area contributed by atoms with Crippen LogP contribution in [0.2, 0.25) is 0 Å². The van der Waals surface area contributed by atoms with Crippen LogP contribution < -0.4 is 5.32 Å². The van der Waals surface area contributed by atoms with Gasteiger partial charge < -0.3 is 14.5 Å². The van der Waals surface area contributed by atoms with Gasteiger partial charge in [0.2, 0.25) is 0 Å². The highest BCUT2D eigenvalue weighted by atomic mass is 16.5. The second-order valence-electron chi connectivity index (χ2n) is 5.08. The second-order valence-corrected chi connectivity index (χ2v) is 5.08. The molecule has 16 heavy (non-hydrogen) atoms. The van der Waals surface area contributed by atoms with E-state index in [1.165, 1.54) is 6.42 Å². The number of rotatable bonds is 6. The summed E-state index contributed by atoms with van der Waals surface area (Å²) in [5, 5.41) is 3.29. The summed E-state index contributed by atoms with van der Waals surface area (Å²) in [6.45, 7) is 6.87. The lowest BCUT2D eigenvalue weighted by Gasteiger charge is -2.04. The van der Waals surface area contributed by atoms with Gasteiger partial charge in [-0.3, -0.25) is 0 Å². The molecule has 1 N–H and O–H groups in total. The van der Waals surface area contributed by atoms with Gasteiger partial charge in [-0.2, -0.15) is 0 Å². The van der Waals surface area contributed by atoms with Crippen molar-refractivity contribution in [2.75, 3.05) is 20.3 Å². The fourth-order valence-corrected chi connectivity index (χ4v) is 1.99. The van der Waals surface area contributed by atoms with Crippen LogP contribution in [-0.4, -0.2) is 25.2 Å². The van der Waals surface area contributed by atoms with Gasteiger partial charge in [-0.25, -0.2) is 4.98 Å². The molecule has 1 fully saturated rings. The van der Waals surface area contributed by atoms with E-state index in [0.29, 0.717) is 11.3 Å². The third kappa shape index (κ3) is 2.44. The average Bonchev–Trinajstić information content (AvgIpc) is 2.69. The topological polar surface area (TPSA) is 47.3 Å². The number of hydrogen-bond donors (Lipinski definition) is 1. The molecule has 1 aliphatic carbocycles. The number of nitrogens with zero attached hydrogens (tertiary/aromatic N) is 1. The van der Waals surface area contributed by atoms with Crippen LogP contribution in [0.3, 0.4) is 0 Å². The zero-order valence-corrected chi connectivity index (χ0v) is 10.2. The Morgan fingerprint density at radius 1 is 1.62 bits per heavy atom. The van der Waals surface area contributed by atoms with Crippen molar-refractivity contribution in [3.8, 4) is 0 Å². The Balaban J connectivity index is 1.88. The molecule has 0 saturated heterocycles.